The maximum Gasteiger partial charge on any atom is 0.328 e. The predicted molar refractivity (Wildman–Crippen MR) is 71.3 cm³/mol. The van der Waals surface area contributed by atoms with Gasteiger partial charge in [-0.2, -0.15) is 12.6 Å². The molecule has 1 N–H and O–H groups in total. The maximum absolute atomic E-state index is 11.4. The number of rotatable bonds is 5. The van der Waals surface area contributed by atoms with Gasteiger partial charge in [0.15, 0.2) is 0 Å². The molecule has 1 unspecified atom stereocenters. The van der Waals surface area contributed by atoms with E-state index >= 15 is 0 Å². The van der Waals surface area contributed by atoms with Crippen LogP contribution in [0.1, 0.15) is 19.8 Å². The second kappa shape index (κ2) is 6.30. The van der Waals surface area contributed by atoms with Gasteiger partial charge in [0.05, 0.1) is 4.47 Å². The number of H-pyrrole nitrogens is 1. The topological polar surface area (TPSA) is 54.9 Å². The van der Waals surface area contributed by atoms with E-state index < -0.39 is 0 Å². The van der Waals surface area contributed by atoms with Gasteiger partial charge in [-0.15, -0.1) is 0 Å². The number of aromatic amines is 1. The van der Waals surface area contributed by atoms with E-state index in [2.05, 4.69) is 40.5 Å². The largest absolute Gasteiger partial charge is 0.328 e. The van der Waals surface area contributed by atoms with Crippen molar-refractivity contribution < 1.29 is 0 Å². The van der Waals surface area contributed by atoms with Crippen LogP contribution in [0.5, 0.6) is 0 Å². The molecular weight excluding hydrogens is 292 g/mol. The highest BCUT2D eigenvalue weighted by atomic mass is 79.9. The molecule has 0 amide bonds. The molecule has 0 fully saturated rings. The molecule has 0 aliphatic carbocycles. The van der Waals surface area contributed by atoms with Crippen LogP contribution in [-0.4, -0.2) is 15.3 Å². The molecule has 0 spiro atoms. The Bertz CT molecular complexity index is 455. The summed E-state index contributed by atoms with van der Waals surface area (Å²) in [4.78, 5) is 24.8. The van der Waals surface area contributed by atoms with E-state index in [1.54, 1.807) is 0 Å². The number of thiol groups is 1. The number of aryl methyl sites for hydroxylation is 1. The first-order valence-electron chi connectivity index (χ1n) is 5.14. The Hall–Kier alpha value is -0.490. The smallest absolute Gasteiger partial charge is 0.299 e. The highest BCUT2D eigenvalue weighted by Crippen LogP contribution is 2.09. The Balaban J connectivity index is 2.71. The van der Waals surface area contributed by atoms with E-state index in [1.165, 1.54) is 10.8 Å². The molecule has 1 aromatic heterocycles. The van der Waals surface area contributed by atoms with Gasteiger partial charge in [0, 0.05) is 12.7 Å². The van der Waals surface area contributed by atoms with Crippen LogP contribution < -0.4 is 11.2 Å². The van der Waals surface area contributed by atoms with Crippen molar-refractivity contribution in [1.82, 2.24) is 9.55 Å². The summed E-state index contributed by atoms with van der Waals surface area (Å²) in [6, 6.07) is 0. The molecule has 1 atom stereocenters. The van der Waals surface area contributed by atoms with Crippen molar-refractivity contribution in [3.05, 3.63) is 31.5 Å². The van der Waals surface area contributed by atoms with Gasteiger partial charge in [0.2, 0.25) is 0 Å². The lowest BCUT2D eigenvalue weighted by molar-refractivity contribution is 0.461. The second-order valence-electron chi connectivity index (χ2n) is 3.84. The van der Waals surface area contributed by atoms with Gasteiger partial charge in [-0.3, -0.25) is 14.3 Å². The van der Waals surface area contributed by atoms with Gasteiger partial charge < -0.3 is 0 Å². The number of aromatic nitrogens is 2. The van der Waals surface area contributed by atoms with E-state index in [9.17, 15) is 9.59 Å². The van der Waals surface area contributed by atoms with E-state index in [-0.39, 0.29) is 11.2 Å². The minimum atomic E-state index is -0.385. The van der Waals surface area contributed by atoms with Gasteiger partial charge in [-0.1, -0.05) is 6.92 Å². The minimum Gasteiger partial charge on any atom is -0.299 e. The Kier molecular flexibility index (Phi) is 5.34. The van der Waals surface area contributed by atoms with E-state index in [1.807, 2.05) is 0 Å². The average Bonchev–Trinajstić information content (AvgIpc) is 2.22. The number of hydrogen-bond donors (Lipinski definition) is 2. The Morgan fingerprint density at radius 1 is 1.50 bits per heavy atom. The molecule has 0 aliphatic rings. The van der Waals surface area contributed by atoms with Crippen molar-refractivity contribution in [3.8, 4) is 0 Å². The molecule has 1 aromatic rings. The zero-order valence-corrected chi connectivity index (χ0v) is 11.6. The van der Waals surface area contributed by atoms with E-state index in [0.29, 0.717) is 16.9 Å². The number of nitrogens with one attached hydrogen (secondary N) is 1. The normalized spacial score (nSPS) is 12.7. The van der Waals surface area contributed by atoms with Crippen LogP contribution in [0.25, 0.3) is 0 Å². The fourth-order valence-corrected chi connectivity index (χ4v) is 2.16. The molecule has 6 heteroatoms. The molecule has 0 saturated carbocycles. The highest BCUT2D eigenvalue weighted by molar-refractivity contribution is 9.10. The quantitative estimate of drug-likeness (QED) is 0.813. The van der Waals surface area contributed by atoms with Gasteiger partial charge in [-0.25, -0.2) is 4.79 Å². The molecule has 16 heavy (non-hydrogen) atoms. The molecule has 4 nitrogen and oxygen atoms in total. The summed E-state index contributed by atoms with van der Waals surface area (Å²) in [5, 5.41) is 0. The van der Waals surface area contributed by atoms with Gasteiger partial charge >= 0.3 is 5.69 Å². The van der Waals surface area contributed by atoms with Crippen LogP contribution in [0.4, 0.5) is 0 Å². The molecule has 0 radical (unpaired) electrons. The molecule has 90 valence electrons. The molecule has 0 aromatic carbocycles. The van der Waals surface area contributed by atoms with Crippen LogP contribution in [0.3, 0.4) is 0 Å². The van der Waals surface area contributed by atoms with Crippen LogP contribution >= 0.6 is 28.6 Å². The zero-order chi connectivity index (χ0) is 12.1. The maximum atomic E-state index is 11.4. The van der Waals surface area contributed by atoms with Crippen molar-refractivity contribution in [3.63, 3.8) is 0 Å². The van der Waals surface area contributed by atoms with Gasteiger partial charge in [0.25, 0.3) is 5.56 Å². The van der Waals surface area contributed by atoms with Crippen molar-refractivity contribution in [1.29, 1.82) is 0 Å². The SMILES string of the molecule is CC(CCS)CCn1cc(Br)c(=O)[nH]c1=O. The third-order valence-corrected chi connectivity index (χ3v) is 3.28. The molecule has 1 heterocycles. The van der Waals surface area contributed by atoms with Crippen molar-refractivity contribution in [2.75, 3.05) is 5.75 Å². The fourth-order valence-electron chi connectivity index (χ4n) is 1.37. The van der Waals surface area contributed by atoms with E-state index in [4.69, 9.17) is 0 Å². The zero-order valence-electron chi connectivity index (χ0n) is 9.07. The van der Waals surface area contributed by atoms with E-state index in [0.717, 1.165) is 18.6 Å². The number of nitrogens with zero attached hydrogens (tertiary/aromatic N) is 1. The lowest BCUT2D eigenvalue weighted by Gasteiger charge is -2.10. The van der Waals surface area contributed by atoms with Crippen molar-refractivity contribution >= 4 is 28.6 Å². The molecule has 0 saturated heterocycles. The van der Waals surface area contributed by atoms with Crippen LogP contribution in [0.15, 0.2) is 20.3 Å². The molecular formula is C10H15BrN2O2S. The molecule has 0 aliphatic heterocycles. The molecule has 0 bridgehead atoms. The minimum absolute atomic E-state index is 0.355. The third kappa shape index (κ3) is 3.83. The van der Waals surface area contributed by atoms with Crippen molar-refractivity contribution in [2.45, 2.75) is 26.3 Å². The summed E-state index contributed by atoms with van der Waals surface area (Å²) in [5.41, 5.74) is -0.740. The summed E-state index contributed by atoms with van der Waals surface area (Å²) in [5.74, 6) is 1.38. The summed E-state index contributed by atoms with van der Waals surface area (Å²) in [6.07, 6.45) is 3.47. The Morgan fingerprint density at radius 3 is 2.81 bits per heavy atom. The molecule has 1 rings (SSSR count). The van der Waals surface area contributed by atoms with Gasteiger partial charge in [-0.05, 0) is 40.4 Å². The second-order valence-corrected chi connectivity index (χ2v) is 5.14. The Labute approximate surface area is 108 Å². The number of hydrogen-bond acceptors (Lipinski definition) is 3. The highest BCUT2D eigenvalue weighted by Gasteiger charge is 2.05. The predicted octanol–water partition coefficient (Wildman–Crippen LogP) is 1.65. The van der Waals surface area contributed by atoms with Crippen molar-refractivity contribution in [2.24, 2.45) is 5.92 Å². The Morgan fingerprint density at radius 2 is 2.19 bits per heavy atom. The van der Waals surface area contributed by atoms with Gasteiger partial charge in [0.1, 0.15) is 0 Å². The van der Waals surface area contributed by atoms with Crippen LogP contribution in [0, 0.1) is 5.92 Å². The first-order chi connectivity index (χ1) is 7.54. The van der Waals surface area contributed by atoms with Crippen LogP contribution in [-0.2, 0) is 6.54 Å². The fraction of sp³-hybridized carbons (Fsp3) is 0.600. The monoisotopic (exact) mass is 306 g/mol. The summed E-state index contributed by atoms with van der Waals surface area (Å²) in [7, 11) is 0. The lowest BCUT2D eigenvalue weighted by Crippen LogP contribution is -2.30. The first kappa shape index (κ1) is 13.6. The van der Waals surface area contributed by atoms with Crippen LogP contribution in [0.2, 0.25) is 0 Å². The first-order valence-corrected chi connectivity index (χ1v) is 6.57. The summed E-state index contributed by atoms with van der Waals surface area (Å²) < 4.78 is 1.90. The standard InChI is InChI=1S/C10H15BrN2O2S/c1-7(3-5-16)2-4-13-6-8(11)9(14)12-10(13)15/h6-7,16H,2-5H2,1H3,(H,12,14,15). The lowest BCUT2D eigenvalue weighted by atomic mass is 10.1. The summed E-state index contributed by atoms with van der Waals surface area (Å²) in [6.45, 7) is 2.74. The number of halogens is 1. The third-order valence-electron chi connectivity index (χ3n) is 2.45. The summed E-state index contributed by atoms with van der Waals surface area (Å²) >= 11 is 7.27. The average molecular weight is 307 g/mol.